The van der Waals surface area contributed by atoms with Crippen molar-refractivity contribution in [3.8, 4) is 0 Å². The minimum atomic E-state index is -3.95. The summed E-state index contributed by atoms with van der Waals surface area (Å²) in [5.74, 6) is -0.133. The molecule has 0 amide bonds. The molecule has 2 aromatic heterocycles. The van der Waals surface area contributed by atoms with E-state index in [1.54, 1.807) is 43.8 Å². The first-order chi connectivity index (χ1) is 11.8. The Morgan fingerprint density at radius 3 is 2.56 bits per heavy atom. The van der Waals surface area contributed by atoms with Gasteiger partial charge in [-0.25, -0.2) is 17.8 Å². The van der Waals surface area contributed by atoms with Gasteiger partial charge >= 0.3 is 0 Å². The highest BCUT2D eigenvalue weighted by molar-refractivity contribution is 7.89. The molecule has 0 fully saturated rings. The molecule has 0 bridgehead atoms. The van der Waals surface area contributed by atoms with Crippen molar-refractivity contribution in [2.75, 3.05) is 0 Å². The van der Waals surface area contributed by atoms with Crippen LogP contribution in [-0.2, 0) is 17.1 Å². The van der Waals surface area contributed by atoms with E-state index >= 15 is 0 Å². The molecule has 0 radical (unpaired) electrons. The Kier molecular flexibility index (Phi) is 4.44. The Bertz CT molecular complexity index is 990. The number of halogens is 1. The van der Waals surface area contributed by atoms with Gasteiger partial charge < -0.3 is 4.57 Å². The standard InChI is InChI=1S/C16H18FN5O2S/c1-10-15(11(2)20-19-10)25(23,24)21-14(16-18-8-9-22(16)3)12-6-4-5-7-13(12)17/h4-9,14,21H,1-3H3,(H,19,20)/t14-/m0/s1. The number of hydrogen-bond acceptors (Lipinski definition) is 4. The van der Waals surface area contributed by atoms with Gasteiger partial charge in [0.15, 0.2) is 0 Å². The number of benzene rings is 1. The minimum Gasteiger partial charge on any atom is -0.336 e. The monoisotopic (exact) mass is 363 g/mol. The molecule has 3 aromatic rings. The number of aryl methyl sites for hydroxylation is 3. The molecule has 25 heavy (non-hydrogen) atoms. The zero-order valence-corrected chi connectivity index (χ0v) is 14.8. The molecule has 2 N–H and O–H groups in total. The van der Waals surface area contributed by atoms with Crippen molar-refractivity contribution < 1.29 is 12.8 Å². The summed E-state index contributed by atoms with van der Waals surface area (Å²) >= 11 is 0. The minimum absolute atomic E-state index is 0.0584. The molecule has 2 heterocycles. The molecule has 0 aliphatic rings. The van der Waals surface area contributed by atoms with Gasteiger partial charge in [0.1, 0.15) is 22.6 Å². The zero-order chi connectivity index (χ0) is 18.2. The molecule has 3 rings (SSSR count). The van der Waals surface area contributed by atoms with E-state index in [0.717, 1.165) is 0 Å². The highest BCUT2D eigenvalue weighted by Crippen LogP contribution is 2.26. The molecule has 132 valence electrons. The molecule has 9 heteroatoms. The van der Waals surface area contributed by atoms with Crippen LogP contribution in [0.2, 0.25) is 0 Å². The fourth-order valence-corrected chi connectivity index (χ4v) is 4.31. The van der Waals surface area contributed by atoms with Crippen molar-refractivity contribution in [1.82, 2.24) is 24.5 Å². The summed E-state index contributed by atoms with van der Waals surface area (Å²) < 4.78 is 44.4. The maximum absolute atomic E-state index is 14.3. The number of nitrogens with one attached hydrogen (secondary N) is 2. The molecule has 0 aliphatic carbocycles. The van der Waals surface area contributed by atoms with Crippen molar-refractivity contribution >= 4 is 10.0 Å². The number of imidazole rings is 1. The molecular weight excluding hydrogens is 345 g/mol. The Morgan fingerprint density at radius 1 is 1.28 bits per heavy atom. The summed E-state index contributed by atoms with van der Waals surface area (Å²) in [6.07, 6.45) is 3.21. The summed E-state index contributed by atoms with van der Waals surface area (Å²) in [4.78, 5) is 4.25. The maximum atomic E-state index is 14.3. The summed E-state index contributed by atoms with van der Waals surface area (Å²) in [6, 6.07) is 5.05. The molecule has 0 unspecified atom stereocenters. The smallest absolute Gasteiger partial charge is 0.245 e. The lowest BCUT2D eigenvalue weighted by atomic mass is 10.1. The lowest BCUT2D eigenvalue weighted by Gasteiger charge is -2.19. The number of hydrogen-bond donors (Lipinski definition) is 2. The third-order valence-corrected chi connectivity index (χ3v) is 5.62. The second kappa shape index (κ2) is 6.41. The lowest BCUT2D eigenvalue weighted by Crippen LogP contribution is -2.32. The molecular formula is C16H18FN5O2S. The summed E-state index contributed by atoms with van der Waals surface area (Å²) in [7, 11) is -2.23. The van der Waals surface area contributed by atoms with Gasteiger partial charge in [-0.3, -0.25) is 5.10 Å². The quantitative estimate of drug-likeness (QED) is 0.725. The predicted octanol–water partition coefficient (Wildman–Crippen LogP) is 1.97. The van der Waals surface area contributed by atoms with Crippen molar-refractivity contribution in [2.45, 2.75) is 24.8 Å². The van der Waals surface area contributed by atoms with Gasteiger partial charge in [0.25, 0.3) is 0 Å². The van der Waals surface area contributed by atoms with Gasteiger partial charge in [0.2, 0.25) is 10.0 Å². The number of rotatable bonds is 5. The van der Waals surface area contributed by atoms with E-state index in [1.165, 1.54) is 18.3 Å². The first kappa shape index (κ1) is 17.3. The van der Waals surface area contributed by atoms with E-state index in [1.807, 2.05) is 0 Å². The summed E-state index contributed by atoms with van der Waals surface area (Å²) in [5.41, 5.74) is 0.952. The van der Waals surface area contributed by atoms with Crippen LogP contribution >= 0.6 is 0 Å². The van der Waals surface area contributed by atoms with Gasteiger partial charge in [-0.05, 0) is 19.9 Å². The third kappa shape index (κ3) is 3.20. The van der Waals surface area contributed by atoms with Crippen molar-refractivity contribution in [2.24, 2.45) is 7.05 Å². The van der Waals surface area contributed by atoms with Crippen molar-refractivity contribution in [3.05, 3.63) is 65.3 Å². The SMILES string of the molecule is Cc1n[nH]c(C)c1S(=O)(=O)N[C@@H](c1ccccc1F)c1nccn1C. The highest BCUT2D eigenvalue weighted by Gasteiger charge is 2.30. The highest BCUT2D eigenvalue weighted by atomic mass is 32.2. The van der Waals surface area contributed by atoms with Gasteiger partial charge in [0.05, 0.1) is 11.4 Å². The van der Waals surface area contributed by atoms with Crippen molar-refractivity contribution in [1.29, 1.82) is 0 Å². The first-order valence-electron chi connectivity index (χ1n) is 7.57. The number of nitrogens with zero attached hydrogens (tertiary/aromatic N) is 3. The van der Waals surface area contributed by atoms with Crippen molar-refractivity contribution in [3.63, 3.8) is 0 Å². The first-order valence-corrected chi connectivity index (χ1v) is 9.05. The zero-order valence-electron chi connectivity index (χ0n) is 14.0. The summed E-state index contributed by atoms with van der Waals surface area (Å²) in [5, 5.41) is 6.57. The fourth-order valence-electron chi connectivity index (χ4n) is 2.77. The maximum Gasteiger partial charge on any atom is 0.245 e. The summed E-state index contributed by atoms with van der Waals surface area (Å²) in [6.45, 7) is 3.21. The van der Waals surface area contributed by atoms with Crippen LogP contribution in [0.25, 0.3) is 0 Å². The van der Waals surface area contributed by atoms with Crippen LogP contribution in [0.5, 0.6) is 0 Å². The van der Waals surface area contributed by atoms with E-state index < -0.39 is 21.9 Å². The normalized spacial score (nSPS) is 13.1. The van der Waals surface area contributed by atoms with Crippen LogP contribution in [0.15, 0.2) is 41.6 Å². The number of aromatic nitrogens is 4. The molecule has 7 nitrogen and oxygen atoms in total. The molecule has 0 aliphatic heterocycles. The predicted molar refractivity (Wildman–Crippen MR) is 89.8 cm³/mol. The van der Waals surface area contributed by atoms with Crippen LogP contribution in [0.1, 0.15) is 28.8 Å². The van der Waals surface area contributed by atoms with E-state index in [2.05, 4.69) is 19.9 Å². The largest absolute Gasteiger partial charge is 0.336 e. The topological polar surface area (TPSA) is 92.7 Å². The van der Waals surface area contributed by atoms with Crippen LogP contribution < -0.4 is 4.72 Å². The van der Waals surface area contributed by atoms with E-state index in [-0.39, 0.29) is 10.5 Å². The average Bonchev–Trinajstić information content (AvgIpc) is 3.11. The van der Waals surface area contributed by atoms with Gasteiger partial charge in [-0.2, -0.15) is 9.82 Å². The van der Waals surface area contributed by atoms with E-state index in [4.69, 9.17) is 0 Å². The average molecular weight is 363 g/mol. The molecule has 0 saturated carbocycles. The number of H-pyrrole nitrogens is 1. The van der Waals surface area contributed by atoms with Crippen LogP contribution in [-0.4, -0.2) is 28.2 Å². The van der Waals surface area contributed by atoms with Crippen LogP contribution in [0.3, 0.4) is 0 Å². The molecule has 1 aromatic carbocycles. The van der Waals surface area contributed by atoms with Crippen LogP contribution in [0, 0.1) is 19.7 Å². The molecule has 0 spiro atoms. The molecule has 0 saturated heterocycles. The Balaban J connectivity index is 2.11. The van der Waals surface area contributed by atoms with Gasteiger partial charge in [-0.15, -0.1) is 0 Å². The van der Waals surface area contributed by atoms with Gasteiger partial charge in [0, 0.05) is 25.0 Å². The second-order valence-corrected chi connectivity index (χ2v) is 7.39. The fraction of sp³-hybridized carbons (Fsp3) is 0.250. The lowest BCUT2D eigenvalue weighted by molar-refractivity contribution is 0.544. The van der Waals surface area contributed by atoms with E-state index in [0.29, 0.717) is 17.2 Å². The van der Waals surface area contributed by atoms with Gasteiger partial charge in [-0.1, -0.05) is 18.2 Å². The Hall–Kier alpha value is -2.52. The second-order valence-electron chi connectivity index (χ2n) is 5.74. The Labute approximate surface area is 145 Å². The number of sulfonamides is 1. The van der Waals surface area contributed by atoms with E-state index in [9.17, 15) is 12.8 Å². The Morgan fingerprint density at radius 2 is 2.00 bits per heavy atom. The number of aromatic amines is 1. The third-order valence-electron chi connectivity index (χ3n) is 3.94. The molecule has 1 atom stereocenters. The van der Waals surface area contributed by atoms with Crippen LogP contribution in [0.4, 0.5) is 4.39 Å².